The first kappa shape index (κ1) is 16.8. The number of hydrogen-bond donors (Lipinski definition) is 2. The molecule has 112 valence electrons. The molecule has 0 spiro atoms. The van der Waals surface area contributed by atoms with Crippen LogP contribution in [-0.2, 0) is 4.79 Å². The zero-order valence-electron chi connectivity index (χ0n) is 12.3. The van der Waals surface area contributed by atoms with Crippen molar-refractivity contribution in [1.82, 2.24) is 5.32 Å². The number of nitrogens with two attached hydrogens (primary N) is 1. The van der Waals surface area contributed by atoms with Crippen LogP contribution >= 0.6 is 11.6 Å². The van der Waals surface area contributed by atoms with Gasteiger partial charge in [-0.25, -0.2) is 0 Å². The van der Waals surface area contributed by atoms with Gasteiger partial charge in [0.2, 0.25) is 5.91 Å². The topological polar surface area (TPSA) is 64.4 Å². The van der Waals surface area contributed by atoms with E-state index in [2.05, 4.69) is 5.32 Å². The summed E-state index contributed by atoms with van der Waals surface area (Å²) in [5.74, 6) is 0.575. The molecule has 2 atom stereocenters. The third-order valence-electron chi connectivity index (χ3n) is 2.99. The fraction of sp³-hybridized carbons (Fsp3) is 0.533. The molecule has 2 unspecified atom stereocenters. The summed E-state index contributed by atoms with van der Waals surface area (Å²) in [7, 11) is 0. The van der Waals surface area contributed by atoms with Gasteiger partial charge in [0.25, 0.3) is 0 Å². The lowest BCUT2D eigenvalue weighted by Gasteiger charge is -2.24. The predicted octanol–water partition coefficient (Wildman–Crippen LogP) is 2.74. The Balaban J connectivity index is 2.41. The van der Waals surface area contributed by atoms with Crippen LogP contribution in [0.5, 0.6) is 5.75 Å². The molecule has 1 aromatic carbocycles. The maximum Gasteiger partial charge on any atom is 0.239 e. The number of benzene rings is 1. The van der Waals surface area contributed by atoms with Gasteiger partial charge in [-0.3, -0.25) is 4.79 Å². The Labute approximate surface area is 125 Å². The van der Waals surface area contributed by atoms with Crippen LogP contribution in [0.15, 0.2) is 24.3 Å². The Morgan fingerprint density at radius 2 is 2.05 bits per heavy atom. The number of hydrogen-bond acceptors (Lipinski definition) is 3. The van der Waals surface area contributed by atoms with E-state index >= 15 is 0 Å². The lowest BCUT2D eigenvalue weighted by Crippen LogP contribution is -2.53. The highest BCUT2D eigenvalue weighted by molar-refractivity contribution is 6.30. The van der Waals surface area contributed by atoms with E-state index in [0.717, 1.165) is 12.2 Å². The van der Waals surface area contributed by atoms with Crippen LogP contribution in [0.1, 0.15) is 33.6 Å². The zero-order chi connectivity index (χ0) is 15.2. The van der Waals surface area contributed by atoms with E-state index in [0.29, 0.717) is 18.0 Å². The normalized spacial score (nSPS) is 15.2. The number of amides is 1. The predicted molar refractivity (Wildman–Crippen MR) is 82.1 cm³/mol. The van der Waals surface area contributed by atoms with Crippen molar-refractivity contribution in [2.75, 3.05) is 6.54 Å². The summed E-state index contributed by atoms with van der Waals surface area (Å²) < 4.78 is 5.68. The van der Waals surface area contributed by atoms with Gasteiger partial charge in [-0.2, -0.15) is 0 Å². The highest BCUT2D eigenvalue weighted by Gasteiger charge is 2.27. The van der Waals surface area contributed by atoms with Gasteiger partial charge in [0.05, 0.1) is 12.1 Å². The fourth-order valence-electron chi connectivity index (χ4n) is 1.86. The highest BCUT2D eigenvalue weighted by atomic mass is 35.5. The fourth-order valence-corrected chi connectivity index (χ4v) is 1.98. The van der Waals surface area contributed by atoms with Crippen LogP contribution in [0, 0.1) is 0 Å². The number of nitrogens with one attached hydrogen (secondary N) is 1. The van der Waals surface area contributed by atoms with Gasteiger partial charge < -0.3 is 15.8 Å². The molecule has 0 aliphatic carbocycles. The van der Waals surface area contributed by atoms with Gasteiger partial charge >= 0.3 is 0 Å². The summed E-state index contributed by atoms with van der Waals surface area (Å²) in [5.41, 5.74) is 5.13. The molecule has 0 heterocycles. The average molecular weight is 299 g/mol. The minimum atomic E-state index is -0.825. The third kappa shape index (κ3) is 5.39. The molecule has 3 N–H and O–H groups in total. The van der Waals surface area contributed by atoms with Crippen molar-refractivity contribution in [3.8, 4) is 5.75 Å². The maximum atomic E-state index is 11.9. The smallest absolute Gasteiger partial charge is 0.239 e. The molecule has 20 heavy (non-hydrogen) atoms. The average Bonchev–Trinajstić information content (AvgIpc) is 2.38. The molecule has 0 aromatic heterocycles. The monoisotopic (exact) mass is 298 g/mol. The molecule has 5 heteroatoms. The third-order valence-corrected chi connectivity index (χ3v) is 3.24. The molecule has 4 nitrogen and oxygen atoms in total. The molecule has 0 saturated heterocycles. The van der Waals surface area contributed by atoms with E-state index in [1.807, 2.05) is 13.8 Å². The first-order valence-electron chi connectivity index (χ1n) is 6.84. The molecule has 0 saturated carbocycles. The van der Waals surface area contributed by atoms with Crippen molar-refractivity contribution in [2.24, 2.45) is 5.73 Å². The first-order valence-corrected chi connectivity index (χ1v) is 7.22. The van der Waals surface area contributed by atoms with Gasteiger partial charge in [0.1, 0.15) is 11.9 Å². The molecule has 0 fully saturated rings. The molecular weight excluding hydrogens is 276 g/mol. The lowest BCUT2D eigenvalue weighted by atomic mass is 9.96. The van der Waals surface area contributed by atoms with Gasteiger partial charge in [-0.15, -0.1) is 0 Å². The Bertz CT molecular complexity index is 432. The summed E-state index contributed by atoms with van der Waals surface area (Å²) >= 11 is 5.80. The van der Waals surface area contributed by atoms with Gasteiger partial charge in [0.15, 0.2) is 0 Å². The van der Waals surface area contributed by atoms with Crippen LogP contribution in [0.4, 0.5) is 0 Å². The van der Waals surface area contributed by atoms with Crippen LogP contribution in [0.3, 0.4) is 0 Å². The Hall–Kier alpha value is -1.26. The van der Waals surface area contributed by atoms with Crippen LogP contribution < -0.4 is 15.8 Å². The maximum absolute atomic E-state index is 11.9. The van der Waals surface area contributed by atoms with E-state index in [9.17, 15) is 4.79 Å². The molecule has 1 aromatic rings. The molecule has 0 aliphatic rings. The van der Waals surface area contributed by atoms with Crippen molar-refractivity contribution in [3.63, 3.8) is 0 Å². The minimum absolute atomic E-state index is 0.141. The van der Waals surface area contributed by atoms with Crippen LogP contribution in [-0.4, -0.2) is 24.1 Å². The number of ether oxygens (including phenoxy) is 1. The molecule has 0 aliphatic heterocycles. The molecule has 0 radical (unpaired) electrons. The van der Waals surface area contributed by atoms with Crippen LogP contribution in [0.2, 0.25) is 5.02 Å². The Morgan fingerprint density at radius 1 is 1.45 bits per heavy atom. The molecular formula is C15H23ClN2O2. The van der Waals surface area contributed by atoms with Crippen molar-refractivity contribution in [2.45, 2.75) is 45.3 Å². The largest absolute Gasteiger partial charge is 0.489 e. The SMILES string of the molecule is CCCC(C)(N)C(=O)NCC(C)Oc1ccc(Cl)cc1. The summed E-state index contributed by atoms with van der Waals surface area (Å²) in [5, 5.41) is 3.49. The lowest BCUT2D eigenvalue weighted by molar-refractivity contribution is -0.126. The van der Waals surface area contributed by atoms with E-state index < -0.39 is 5.54 Å². The summed E-state index contributed by atoms with van der Waals surface area (Å²) in [6, 6.07) is 7.12. The minimum Gasteiger partial charge on any atom is -0.489 e. The Kier molecular flexibility index (Phi) is 6.30. The first-order chi connectivity index (χ1) is 9.35. The van der Waals surface area contributed by atoms with E-state index in [1.54, 1.807) is 31.2 Å². The van der Waals surface area contributed by atoms with E-state index in [-0.39, 0.29) is 12.0 Å². The number of carbonyl (C=O) groups is 1. The quantitative estimate of drug-likeness (QED) is 0.813. The molecule has 1 amide bonds. The van der Waals surface area contributed by atoms with Crippen molar-refractivity contribution in [3.05, 3.63) is 29.3 Å². The van der Waals surface area contributed by atoms with Gasteiger partial charge in [-0.05, 0) is 44.5 Å². The van der Waals surface area contributed by atoms with Gasteiger partial charge in [-0.1, -0.05) is 24.9 Å². The van der Waals surface area contributed by atoms with Crippen molar-refractivity contribution in [1.29, 1.82) is 0 Å². The second-order valence-corrected chi connectivity index (χ2v) is 5.70. The summed E-state index contributed by atoms with van der Waals surface area (Å²) in [6.07, 6.45) is 1.39. The standard InChI is InChI=1S/C15H23ClN2O2/c1-4-9-15(3,17)14(19)18-10-11(2)20-13-7-5-12(16)6-8-13/h5-8,11H,4,9-10,17H2,1-3H3,(H,18,19). The summed E-state index contributed by atoms with van der Waals surface area (Å²) in [6.45, 7) is 6.06. The molecule has 1 rings (SSSR count). The van der Waals surface area contributed by atoms with Crippen molar-refractivity contribution >= 4 is 17.5 Å². The zero-order valence-corrected chi connectivity index (χ0v) is 13.0. The Morgan fingerprint density at radius 3 is 2.60 bits per heavy atom. The second kappa shape index (κ2) is 7.50. The second-order valence-electron chi connectivity index (χ2n) is 5.26. The van der Waals surface area contributed by atoms with Gasteiger partial charge in [0, 0.05) is 5.02 Å². The van der Waals surface area contributed by atoms with E-state index in [1.165, 1.54) is 0 Å². The van der Waals surface area contributed by atoms with Crippen molar-refractivity contribution < 1.29 is 9.53 Å². The summed E-state index contributed by atoms with van der Waals surface area (Å²) in [4.78, 5) is 11.9. The number of halogens is 1. The molecule has 0 bridgehead atoms. The number of rotatable bonds is 7. The number of carbonyl (C=O) groups excluding carboxylic acids is 1. The van der Waals surface area contributed by atoms with Crippen LogP contribution in [0.25, 0.3) is 0 Å². The highest BCUT2D eigenvalue weighted by Crippen LogP contribution is 2.16. The van der Waals surface area contributed by atoms with E-state index in [4.69, 9.17) is 22.1 Å².